The van der Waals surface area contributed by atoms with E-state index in [9.17, 15) is 9.18 Å². The van der Waals surface area contributed by atoms with Crippen molar-refractivity contribution in [2.24, 2.45) is 5.41 Å². The van der Waals surface area contributed by atoms with E-state index < -0.39 is 5.82 Å². The van der Waals surface area contributed by atoms with Gasteiger partial charge >= 0.3 is 0 Å². The molecule has 3 aromatic rings. The topological polar surface area (TPSA) is 96.4 Å². The van der Waals surface area contributed by atoms with Crippen molar-refractivity contribution < 1.29 is 23.4 Å². The van der Waals surface area contributed by atoms with Gasteiger partial charge in [-0.05, 0) is 64.9 Å². The number of methoxy groups -OCH3 is 1. The van der Waals surface area contributed by atoms with Crippen LogP contribution >= 0.6 is 0 Å². The molecule has 6 rings (SSSR count). The third-order valence-electron chi connectivity index (χ3n) is 9.87. The number of carbonyl (C=O) groups is 1. The molecule has 1 saturated heterocycles. The van der Waals surface area contributed by atoms with Gasteiger partial charge in [0, 0.05) is 94.8 Å². The second-order valence-corrected chi connectivity index (χ2v) is 13.7. The molecule has 2 aromatic heterocycles. The fraction of sp³-hybridized carbons (Fsp3) is 0.556. The van der Waals surface area contributed by atoms with Crippen molar-refractivity contribution in [1.29, 1.82) is 0 Å². The number of likely N-dealkylation sites (N-methyl/N-ethyl adjacent to an activating group) is 1. The summed E-state index contributed by atoms with van der Waals surface area (Å²) in [5.41, 5.74) is 2.70. The monoisotopic (exact) mass is 661 g/mol. The van der Waals surface area contributed by atoms with Gasteiger partial charge in [0.05, 0.1) is 18.4 Å². The number of ether oxygens (including phenoxy) is 3. The standard InChI is InChI=1S/C36H48FN7O4/c1-6-44(25(2)3)35(45)28-17-26(37)7-8-31(28)48-33-20-38-24-40-34(33)43-22-36(23-43)18-27(19-36)47-32-9-11-39-30-10-12-42(21-29(30)32)14-13-41(4)15-16-46-5/h7-9,11,17,20,24-25,27H,6,10,12-16,18-19,21-23H2,1-5H3. The summed E-state index contributed by atoms with van der Waals surface area (Å²) in [6.45, 7) is 13.5. The van der Waals surface area contributed by atoms with Crippen molar-refractivity contribution >= 4 is 11.7 Å². The maximum Gasteiger partial charge on any atom is 0.257 e. The molecule has 0 unspecified atom stereocenters. The third-order valence-corrected chi connectivity index (χ3v) is 9.87. The van der Waals surface area contributed by atoms with E-state index in [4.69, 9.17) is 14.2 Å². The molecule has 12 heteroatoms. The van der Waals surface area contributed by atoms with E-state index in [0.29, 0.717) is 18.1 Å². The molecule has 1 spiro atoms. The van der Waals surface area contributed by atoms with Crippen molar-refractivity contribution in [1.82, 2.24) is 29.7 Å². The van der Waals surface area contributed by atoms with Gasteiger partial charge in [0.2, 0.25) is 0 Å². The first-order valence-electron chi connectivity index (χ1n) is 17.0. The number of aromatic nitrogens is 3. The van der Waals surface area contributed by atoms with Crippen molar-refractivity contribution in [3.05, 3.63) is 65.6 Å². The molecule has 0 radical (unpaired) electrons. The van der Waals surface area contributed by atoms with E-state index in [0.717, 1.165) is 83.1 Å². The van der Waals surface area contributed by atoms with Gasteiger partial charge in [-0.25, -0.2) is 14.4 Å². The van der Waals surface area contributed by atoms with Gasteiger partial charge < -0.3 is 28.9 Å². The van der Waals surface area contributed by atoms with E-state index in [1.807, 2.05) is 33.0 Å². The van der Waals surface area contributed by atoms with E-state index in [-0.39, 0.29) is 34.8 Å². The Kier molecular flexibility index (Phi) is 10.4. The van der Waals surface area contributed by atoms with Gasteiger partial charge in [0.25, 0.3) is 5.91 Å². The van der Waals surface area contributed by atoms with Crippen LogP contribution in [0.5, 0.6) is 17.2 Å². The molecule has 2 aliphatic heterocycles. The molecular weight excluding hydrogens is 613 g/mol. The number of anilines is 1. The molecule has 11 nitrogen and oxygen atoms in total. The molecule has 0 N–H and O–H groups in total. The molecule has 4 heterocycles. The summed E-state index contributed by atoms with van der Waals surface area (Å²) in [5, 5.41) is 0. The van der Waals surface area contributed by atoms with Crippen LogP contribution in [0.15, 0.2) is 43.0 Å². The molecular formula is C36H48FN7O4. The highest BCUT2D eigenvalue weighted by Crippen LogP contribution is 2.52. The summed E-state index contributed by atoms with van der Waals surface area (Å²) in [5.74, 6) is 1.57. The Morgan fingerprint density at radius 1 is 1.12 bits per heavy atom. The molecule has 1 aliphatic carbocycles. The Morgan fingerprint density at radius 3 is 2.69 bits per heavy atom. The number of amides is 1. The van der Waals surface area contributed by atoms with Gasteiger partial charge in [-0.3, -0.25) is 14.7 Å². The van der Waals surface area contributed by atoms with Crippen LogP contribution < -0.4 is 14.4 Å². The van der Waals surface area contributed by atoms with Gasteiger partial charge in [-0.2, -0.15) is 0 Å². The lowest BCUT2D eigenvalue weighted by molar-refractivity contribution is -0.0352. The average molecular weight is 662 g/mol. The average Bonchev–Trinajstić information content (AvgIpc) is 3.04. The Bertz CT molecular complexity index is 1580. The van der Waals surface area contributed by atoms with E-state index in [1.54, 1.807) is 18.2 Å². The first-order chi connectivity index (χ1) is 23.2. The van der Waals surface area contributed by atoms with E-state index in [2.05, 4.69) is 36.7 Å². The van der Waals surface area contributed by atoms with Gasteiger partial charge in [0.15, 0.2) is 11.6 Å². The van der Waals surface area contributed by atoms with Crippen molar-refractivity contribution in [2.75, 3.05) is 71.5 Å². The minimum atomic E-state index is -0.493. The number of hydrogen-bond acceptors (Lipinski definition) is 10. The third kappa shape index (κ3) is 7.40. The summed E-state index contributed by atoms with van der Waals surface area (Å²) in [7, 11) is 3.88. The molecule has 2 fully saturated rings. The van der Waals surface area contributed by atoms with Gasteiger partial charge in [-0.15, -0.1) is 0 Å². The quantitative estimate of drug-likeness (QED) is 0.243. The predicted molar refractivity (Wildman–Crippen MR) is 181 cm³/mol. The summed E-state index contributed by atoms with van der Waals surface area (Å²) in [4.78, 5) is 35.4. The zero-order chi connectivity index (χ0) is 33.8. The number of benzene rings is 1. The lowest BCUT2D eigenvalue weighted by Gasteiger charge is -2.59. The first-order valence-corrected chi connectivity index (χ1v) is 17.0. The van der Waals surface area contributed by atoms with Crippen LogP contribution in [-0.4, -0.2) is 114 Å². The Morgan fingerprint density at radius 2 is 1.94 bits per heavy atom. The van der Waals surface area contributed by atoms with Crippen LogP contribution in [0.4, 0.5) is 10.2 Å². The number of pyridine rings is 1. The van der Waals surface area contributed by atoms with Crippen LogP contribution in [0.25, 0.3) is 0 Å². The largest absolute Gasteiger partial charge is 0.490 e. The van der Waals surface area contributed by atoms with Crippen molar-refractivity contribution in [3.63, 3.8) is 0 Å². The van der Waals surface area contributed by atoms with Gasteiger partial charge in [0.1, 0.15) is 29.7 Å². The summed E-state index contributed by atoms with van der Waals surface area (Å²) >= 11 is 0. The fourth-order valence-corrected chi connectivity index (χ4v) is 7.17. The first kappa shape index (κ1) is 34.0. The highest BCUT2D eigenvalue weighted by atomic mass is 19.1. The summed E-state index contributed by atoms with van der Waals surface area (Å²) in [6.07, 6.45) is 8.01. The lowest BCUT2D eigenvalue weighted by atomic mass is 9.61. The van der Waals surface area contributed by atoms with Crippen LogP contribution in [0.2, 0.25) is 0 Å². The summed E-state index contributed by atoms with van der Waals surface area (Å²) in [6, 6.07) is 6.01. The molecule has 0 bridgehead atoms. The second kappa shape index (κ2) is 14.7. The van der Waals surface area contributed by atoms with Crippen molar-refractivity contribution in [3.8, 4) is 17.2 Å². The second-order valence-electron chi connectivity index (χ2n) is 13.7. The number of carbonyl (C=O) groups excluding carboxylic acids is 1. The molecule has 1 aromatic carbocycles. The molecule has 3 aliphatic rings. The fourth-order valence-electron chi connectivity index (χ4n) is 7.17. The minimum Gasteiger partial charge on any atom is -0.490 e. The summed E-state index contributed by atoms with van der Waals surface area (Å²) < 4.78 is 32.4. The van der Waals surface area contributed by atoms with E-state index >= 15 is 0 Å². The predicted octanol–water partition coefficient (Wildman–Crippen LogP) is 4.66. The minimum absolute atomic E-state index is 0.0379. The highest BCUT2D eigenvalue weighted by molar-refractivity contribution is 5.97. The van der Waals surface area contributed by atoms with E-state index in [1.165, 1.54) is 30.1 Å². The van der Waals surface area contributed by atoms with Crippen molar-refractivity contribution in [2.45, 2.75) is 58.7 Å². The molecule has 258 valence electrons. The maximum absolute atomic E-state index is 14.3. The van der Waals surface area contributed by atoms with Crippen LogP contribution in [0.1, 0.15) is 55.2 Å². The van der Waals surface area contributed by atoms with Crippen LogP contribution in [0, 0.1) is 11.2 Å². The molecule has 48 heavy (non-hydrogen) atoms. The molecule has 1 amide bonds. The van der Waals surface area contributed by atoms with Crippen LogP contribution in [0.3, 0.4) is 0 Å². The highest BCUT2D eigenvalue weighted by Gasteiger charge is 2.54. The smallest absolute Gasteiger partial charge is 0.257 e. The molecule has 1 saturated carbocycles. The molecule has 0 atom stereocenters. The van der Waals surface area contributed by atoms with Gasteiger partial charge in [-0.1, -0.05) is 0 Å². The zero-order valence-electron chi connectivity index (χ0n) is 28.8. The Hall–Kier alpha value is -3.87. The number of halogens is 1. The maximum atomic E-state index is 14.3. The Labute approximate surface area is 283 Å². The van der Waals surface area contributed by atoms with Crippen LogP contribution in [-0.2, 0) is 17.7 Å². The lowest BCUT2D eigenvalue weighted by Crippen LogP contribution is -2.65. The number of fused-ring (bicyclic) bond motifs is 1. The number of hydrogen-bond donors (Lipinski definition) is 0. The zero-order valence-corrected chi connectivity index (χ0v) is 28.8. The number of nitrogens with zero attached hydrogens (tertiary/aromatic N) is 7. The number of rotatable bonds is 14. The SMILES string of the molecule is CCN(C(=O)c1cc(F)ccc1Oc1cncnc1N1CC2(CC(Oc3ccnc4c3CN(CCN(C)CCOC)CC4)C2)C1)C(C)C. The normalized spacial score (nSPS) is 17.3. The Balaban J connectivity index is 1.06.